The average molecular weight is 189 g/mol. The van der Waals surface area contributed by atoms with Crippen LogP contribution in [-0.4, -0.2) is 12.1 Å². The van der Waals surface area contributed by atoms with Gasteiger partial charge in [-0.3, -0.25) is 4.98 Å². The fourth-order valence-electron chi connectivity index (χ4n) is 1.26. The van der Waals surface area contributed by atoms with E-state index in [-0.39, 0.29) is 0 Å². The molecule has 2 aromatic rings. The van der Waals surface area contributed by atoms with Crippen LogP contribution in [0, 0.1) is 0 Å². The van der Waals surface area contributed by atoms with E-state index in [9.17, 15) is 0 Å². The highest BCUT2D eigenvalue weighted by Gasteiger charge is 2.03. The quantitative estimate of drug-likeness (QED) is 0.744. The van der Waals surface area contributed by atoms with E-state index in [0.717, 1.165) is 17.1 Å². The lowest BCUT2D eigenvalue weighted by molar-refractivity contribution is 0.165. The topological polar surface area (TPSA) is 35.3 Å². The van der Waals surface area contributed by atoms with Crippen LogP contribution in [0.2, 0.25) is 0 Å². The van der Waals surface area contributed by atoms with Gasteiger partial charge in [-0.25, -0.2) is 0 Å². The molecule has 0 aromatic carbocycles. The van der Waals surface area contributed by atoms with Crippen molar-refractivity contribution in [2.24, 2.45) is 0 Å². The maximum atomic E-state index is 5.55. The molecular weight excluding hydrogens is 178 g/mol. The van der Waals surface area contributed by atoms with Crippen molar-refractivity contribution in [2.45, 2.75) is 6.61 Å². The summed E-state index contributed by atoms with van der Waals surface area (Å²) < 4.78 is 10.5. The van der Waals surface area contributed by atoms with Gasteiger partial charge in [0, 0.05) is 25.1 Å². The highest BCUT2D eigenvalue weighted by Crippen LogP contribution is 2.21. The number of hydrogen-bond donors (Lipinski definition) is 0. The van der Waals surface area contributed by atoms with Gasteiger partial charge in [0.15, 0.2) is 0 Å². The van der Waals surface area contributed by atoms with E-state index < -0.39 is 0 Å². The Morgan fingerprint density at radius 1 is 1.36 bits per heavy atom. The van der Waals surface area contributed by atoms with Crippen molar-refractivity contribution in [3.63, 3.8) is 0 Å². The number of furan rings is 1. The van der Waals surface area contributed by atoms with Crippen molar-refractivity contribution in [3.05, 3.63) is 42.4 Å². The van der Waals surface area contributed by atoms with Crippen LogP contribution in [-0.2, 0) is 11.3 Å². The Balaban J connectivity index is 2.25. The van der Waals surface area contributed by atoms with Gasteiger partial charge in [-0.05, 0) is 24.3 Å². The van der Waals surface area contributed by atoms with Crippen molar-refractivity contribution in [3.8, 4) is 11.3 Å². The molecule has 3 nitrogen and oxygen atoms in total. The lowest BCUT2D eigenvalue weighted by atomic mass is 10.2. The maximum absolute atomic E-state index is 5.55. The number of hydrogen-bond acceptors (Lipinski definition) is 3. The minimum atomic E-state index is 0.500. The van der Waals surface area contributed by atoms with Gasteiger partial charge in [0.2, 0.25) is 0 Å². The second kappa shape index (κ2) is 4.07. The second-order valence-corrected chi connectivity index (χ2v) is 2.94. The molecule has 3 heteroatoms. The van der Waals surface area contributed by atoms with Crippen LogP contribution in [0.5, 0.6) is 0 Å². The molecular formula is C11H11NO2. The first-order valence-corrected chi connectivity index (χ1v) is 4.38. The molecule has 0 unspecified atom stereocenters. The molecule has 2 rings (SSSR count). The number of pyridine rings is 1. The monoisotopic (exact) mass is 189 g/mol. The summed E-state index contributed by atoms with van der Waals surface area (Å²) in [4.78, 5) is 4.03. The molecule has 0 saturated carbocycles. The Kier molecular flexibility index (Phi) is 2.60. The Labute approximate surface area is 82.3 Å². The summed E-state index contributed by atoms with van der Waals surface area (Å²) in [6.07, 6.45) is 3.51. The summed E-state index contributed by atoms with van der Waals surface area (Å²) in [5.41, 5.74) is 0.981. The smallest absolute Gasteiger partial charge is 0.135 e. The highest BCUT2D eigenvalue weighted by molar-refractivity contribution is 5.55. The van der Waals surface area contributed by atoms with Crippen molar-refractivity contribution in [1.82, 2.24) is 4.98 Å². The number of rotatable bonds is 3. The molecule has 0 fully saturated rings. The summed E-state index contributed by atoms with van der Waals surface area (Å²) in [7, 11) is 1.65. The molecule has 0 aliphatic heterocycles. The van der Waals surface area contributed by atoms with Crippen LogP contribution in [0.25, 0.3) is 11.3 Å². The van der Waals surface area contributed by atoms with E-state index in [4.69, 9.17) is 9.15 Å². The average Bonchev–Trinajstić information content (AvgIpc) is 2.68. The molecule has 14 heavy (non-hydrogen) atoms. The van der Waals surface area contributed by atoms with Crippen LogP contribution in [0.3, 0.4) is 0 Å². The Bertz CT molecular complexity index is 395. The van der Waals surface area contributed by atoms with Crippen LogP contribution < -0.4 is 0 Å². The SMILES string of the molecule is COCc1ccc(-c2cccnc2)o1. The lowest BCUT2D eigenvalue weighted by Crippen LogP contribution is -1.82. The zero-order valence-electron chi connectivity index (χ0n) is 7.93. The first-order valence-electron chi connectivity index (χ1n) is 4.38. The molecule has 0 bridgehead atoms. The molecule has 0 N–H and O–H groups in total. The van der Waals surface area contributed by atoms with Crippen molar-refractivity contribution >= 4 is 0 Å². The first kappa shape index (κ1) is 8.97. The molecule has 0 radical (unpaired) electrons. The molecule has 2 heterocycles. The molecule has 0 aliphatic rings. The van der Waals surface area contributed by atoms with Gasteiger partial charge in [-0.1, -0.05) is 0 Å². The molecule has 0 amide bonds. The number of nitrogens with zero attached hydrogens (tertiary/aromatic N) is 1. The normalized spacial score (nSPS) is 10.4. The van der Waals surface area contributed by atoms with Crippen molar-refractivity contribution < 1.29 is 9.15 Å². The van der Waals surface area contributed by atoms with Gasteiger partial charge < -0.3 is 9.15 Å². The molecule has 72 valence electrons. The van der Waals surface area contributed by atoms with E-state index in [1.54, 1.807) is 19.5 Å². The van der Waals surface area contributed by atoms with E-state index in [2.05, 4.69) is 4.98 Å². The zero-order chi connectivity index (χ0) is 9.80. The number of methoxy groups -OCH3 is 1. The fourth-order valence-corrected chi connectivity index (χ4v) is 1.26. The van der Waals surface area contributed by atoms with Crippen LogP contribution in [0.4, 0.5) is 0 Å². The van der Waals surface area contributed by atoms with Gasteiger partial charge in [0.25, 0.3) is 0 Å². The molecule has 0 saturated heterocycles. The highest BCUT2D eigenvalue weighted by atomic mass is 16.5. The summed E-state index contributed by atoms with van der Waals surface area (Å²) in [6, 6.07) is 7.67. The van der Waals surface area contributed by atoms with Gasteiger partial charge in [-0.2, -0.15) is 0 Å². The van der Waals surface area contributed by atoms with E-state index in [0.29, 0.717) is 6.61 Å². The lowest BCUT2D eigenvalue weighted by Gasteiger charge is -1.95. The third kappa shape index (κ3) is 1.83. The summed E-state index contributed by atoms with van der Waals surface area (Å²) in [5, 5.41) is 0. The van der Waals surface area contributed by atoms with Gasteiger partial charge in [-0.15, -0.1) is 0 Å². The third-order valence-electron chi connectivity index (χ3n) is 1.89. The maximum Gasteiger partial charge on any atom is 0.135 e. The minimum Gasteiger partial charge on any atom is -0.459 e. The summed E-state index contributed by atoms with van der Waals surface area (Å²) in [5.74, 6) is 1.65. The molecule has 0 atom stereocenters. The summed E-state index contributed by atoms with van der Waals surface area (Å²) >= 11 is 0. The van der Waals surface area contributed by atoms with E-state index >= 15 is 0 Å². The Hall–Kier alpha value is -1.61. The number of ether oxygens (including phenoxy) is 1. The minimum absolute atomic E-state index is 0.500. The van der Waals surface area contributed by atoms with Crippen LogP contribution in [0.1, 0.15) is 5.76 Å². The first-order chi connectivity index (χ1) is 6.90. The predicted molar refractivity (Wildman–Crippen MR) is 52.7 cm³/mol. The van der Waals surface area contributed by atoms with E-state index in [1.165, 1.54) is 0 Å². The van der Waals surface area contributed by atoms with Crippen LogP contribution >= 0.6 is 0 Å². The van der Waals surface area contributed by atoms with Crippen molar-refractivity contribution in [2.75, 3.05) is 7.11 Å². The van der Waals surface area contributed by atoms with Gasteiger partial charge in [0.1, 0.15) is 18.1 Å². The fraction of sp³-hybridized carbons (Fsp3) is 0.182. The third-order valence-corrected chi connectivity index (χ3v) is 1.89. The van der Waals surface area contributed by atoms with Crippen molar-refractivity contribution in [1.29, 1.82) is 0 Å². The van der Waals surface area contributed by atoms with Gasteiger partial charge >= 0.3 is 0 Å². The largest absolute Gasteiger partial charge is 0.459 e. The summed E-state index contributed by atoms with van der Waals surface area (Å²) in [6.45, 7) is 0.500. The standard InChI is InChI=1S/C11H11NO2/c1-13-8-10-4-5-11(14-10)9-3-2-6-12-7-9/h2-7H,8H2,1H3. The predicted octanol–water partition coefficient (Wildman–Crippen LogP) is 2.49. The number of aromatic nitrogens is 1. The Morgan fingerprint density at radius 3 is 3.00 bits per heavy atom. The van der Waals surface area contributed by atoms with Crippen LogP contribution in [0.15, 0.2) is 41.1 Å². The second-order valence-electron chi connectivity index (χ2n) is 2.94. The zero-order valence-corrected chi connectivity index (χ0v) is 7.93. The molecule has 0 spiro atoms. The van der Waals surface area contributed by atoms with E-state index in [1.807, 2.05) is 24.3 Å². The van der Waals surface area contributed by atoms with Gasteiger partial charge in [0.05, 0.1) is 0 Å². The Morgan fingerprint density at radius 2 is 2.29 bits per heavy atom. The molecule has 0 aliphatic carbocycles. The molecule has 2 aromatic heterocycles.